The van der Waals surface area contributed by atoms with Gasteiger partial charge in [-0.3, -0.25) is 0 Å². The summed E-state index contributed by atoms with van der Waals surface area (Å²) < 4.78 is 0. The summed E-state index contributed by atoms with van der Waals surface area (Å²) in [6.45, 7) is 4.10. The predicted molar refractivity (Wildman–Crippen MR) is 98.8 cm³/mol. The van der Waals surface area contributed by atoms with E-state index in [0.717, 1.165) is 16.9 Å². The standard InChI is InChI=1S/C17H15Cl2N5/c1-10-3-6-15(11(2)7-10)22-16-9-20-24-17(23-16)21-12-4-5-13(18)14(19)8-12/h3-9H,1-2H3,(H2,21,22,23,24). The van der Waals surface area contributed by atoms with E-state index in [4.69, 9.17) is 23.2 Å². The summed E-state index contributed by atoms with van der Waals surface area (Å²) in [5, 5.41) is 15.2. The minimum Gasteiger partial charge on any atom is -0.339 e. The van der Waals surface area contributed by atoms with Gasteiger partial charge in [0.05, 0.1) is 16.2 Å². The van der Waals surface area contributed by atoms with Gasteiger partial charge in [0.2, 0.25) is 5.95 Å². The number of nitrogens with one attached hydrogen (secondary N) is 2. The first-order chi connectivity index (χ1) is 11.5. The molecule has 0 unspecified atom stereocenters. The first-order valence-electron chi connectivity index (χ1n) is 7.27. The molecule has 0 aliphatic carbocycles. The summed E-state index contributed by atoms with van der Waals surface area (Å²) in [7, 11) is 0. The Kier molecular flexibility index (Phi) is 4.83. The Bertz CT molecular complexity index is 883. The number of aromatic nitrogens is 3. The van der Waals surface area contributed by atoms with Gasteiger partial charge in [0, 0.05) is 11.4 Å². The van der Waals surface area contributed by atoms with E-state index in [1.54, 1.807) is 24.4 Å². The van der Waals surface area contributed by atoms with Crippen LogP contribution in [0.1, 0.15) is 11.1 Å². The number of anilines is 4. The number of hydrogen-bond acceptors (Lipinski definition) is 5. The van der Waals surface area contributed by atoms with Gasteiger partial charge in [-0.25, -0.2) is 0 Å². The van der Waals surface area contributed by atoms with Crippen molar-refractivity contribution in [3.8, 4) is 0 Å². The number of nitrogens with zero attached hydrogens (tertiary/aromatic N) is 3. The molecule has 0 amide bonds. The third-order valence-electron chi connectivity index (χ3n) is 3.38. The van der Waals surface area contributed by atoms with Crippen LogP contribution in [0.3, 0.4) is 0 Å². The van der Waals surface area contributed by atoms with Gasteiger partial charge >= 0.3 is 0 Å². The van der Waals surface area contributed by atoms with Gasteiger partial charge in [-0.1, -0.05) is 40.9 Å². The van der Waals surface area contributed by atoms with Crippen LogP contribution in [0.15, 0.2) is 42.6 Å². The van der Waals surface area contributed by atoms with Gasteiger partial charge in [0.15, 0.2) is 5.82 Å². The van der Waals surface area contributed by atoms with Crippen LogP contribution in [0.5, 0.6) is 0 Å². The van der Waals surface area contributed by atoms with Gasteiger partial charge in [-0.15, -0.1) is 5.10 Å². The lowest BCUT2D eigenvalue weighted by Gasteiger charge is -2.10. The normalized spacial score (nSPS) is 10.5. The Hall–Kier alpha value is -2.37. The third kappa shape index (κ3) is 3.93. The van der Waals surface area contributed by atoms with Gasteiger partial charge in [-0.2, -0.15) is 10.1 Å². The first kappa shape index (κ1) is 16.5. The molecule has 2 aromatic carbocycles. The van der Waals surface area contributed by atoms with E-state index in [2.05, 4.69) is 38.8 Å². The maximum atomic E-state index is 6.01. The molecule has 0 fully saturated rings. The average Bonchev–Trinajstić information content (AvgIpc) is 2.54. The molecule has 0 atom stereocenters. The Morgan fingerprint density at radius 1 is 0.917 bits per heavy atom. The molecule has 24 heavy (non-hydrogen) atoms. The summed E-state index contributed by atoms with van der Waals surface area (Å²) in [5.74, 6) is 0.961. The molecule has 1 heterocycles. The number of halogens is 2. The van der Waals surface area contributed by atoms with E-state index in [-0.39, 0.29) is 0 Å². The molecule has 3 rings (SSSR count). The van der Waals surface area contributed by atoms with E-state index in [9.17, 15) is 0 Å². The number of benzene rings is 2. The third-order valence-corrected chi connectivity index (χ3v) is 4.12. The fourth-order valence-electron chi connectivity index (χ4n) is 2.21. The molecule has 7 heteroatoms. The summed E-state index contributed by atoms with van der Waals surface area (Å²) >= 11 is 11.9. The van der Waals surface area contributed by atoms with E-state index in [0.29, 0.717) is 21.8 Å². The summed E-state index contributed by atoms with van der Waals surface area (Å²) in [4.78, 5) is 4.41. The quantitative estimate of drug-likeness (QED) is 0.663. The van der Waals surface area contributed by atoms with Crippen molar-refractivity contribution in [2.24, 2.45) is 0 Å². The Morgan fingerprint density at radius 2 is 1.75 bits per heavy atom. The number of hydrogen-bond donors (Lipinski definition) is 2. The lowest BCUT2D eigenvalue weighted by atomic mass is 10.1. The molecule has 122 valence electrons. The maximum Gasteiger partial charge on any atom is 0.249 e. The van der Waals surface area contributed by atoms with Gasteiger partial charge in [0.1, 0.15) is 0 Å². The van der Waals surface area contributed by atoms with Gasteiger partial charge in [0.25, 0.3) is 0 Å². The zero-order chi connectivity index (χ0) is 17.1. The van der Waals surface area contributed by atoms with Crippen molar-refractivity contribution in [3.63, 3.8) is 0 Å². The fraction of sp³-hybridized carbons (Fsp3) is 0.118. The minimum atomic E-state index is 0.364. The molecule has 0 spiro atoms. The van der Waals surface area contributed by atoms with Crippen LogP contribution < -0.4 is 10.6 Å². The van der Waals surface area contributed by atoms with E-state index in [1.165, 1.54) is 5.56 Å². The highest BCUT2D eigenvalue weighted by Gasteiger charge is 2.05. The zero-order valence-electron chi connectivity index (χ0n) is 13.1. The highest BCUT2D eigenvalue weighted by Crippen LogP contribution is 2.26. The topological polar surface area (TPSA) is 62.7 Å². The van der Waals surface area contributed by atoms with Crippen molar-refractivity contribution in [3.05, 3.63) is 63.8 Å². The highest BCUT2D eigenvalue weighted by molar-refractivity contribution is 6.42. The van der Waals surface area contributed by atoms with Crippen molar-refractivity contribution in [1.29, 1.82) is 0 Å². The molecular formula is C17H15Cl2N5. The van der Waals surface area contributed by atoms with E-state index < -0.39 is 0 Å². The van der Waals surface area contributed by atoms with Crippen molar-refractivity contribution in [1.82, 2.24) is 15.2 Å². The van der Waals surface area contributed by atoms with Crippen molar-refractivity contribution < 1.29 is 0 Å². The summed E-state index contributed by atoms with van der Waals surface area (Å²) in [6, 6.07) is 11.4. The zero-order valence-corrected chi connectivity index (χ0v) is 14.7. The van der Waals surface area contributed by atoms with Gasteiger partial charge in [-0.05, 0) is 43.7 Å². The number of aryl methyl sites for hydroxylation is 2. The van der Waals surface area contributed by atoms with Crippen LogP contribution in [0.4, 0.5) is 23.1 Å². The molecule has 1 aromatic heterocycles. The summed E-state index contributed by atoms with van der Waals surface area (Å²) in [6.07, 6.45) is 1.57. The molecular weight excluding hydrogens is 345 g/mol. The monoisotopic (exact) mass is 359 g/mol. The first-order valence-corrected chi connectivity index (χ1v) is 8.03. The lowest BCUT2D eigenvalue weighted by molar-refractivity contribution is 0.982. The fourth-order valence-corrected chi connectivity index (χ4v) is 2.51. The Balaban J connectivity index is 1.79. The molecule has 2 N–H and O–H groups in total. The van der Waals surface area contributed by atoms with Crippen molar-refractivity contribution in [2.75, 3.05) is 10.6 Å². The maximum absolute atomic E-state index is 6.01. The number of rotatable bonds is 4. The van der Waals surface area contributed by atoms with E-state index >= 15 is 0 Å². The SMILES string of the molecule is Cc1ccc(Nc2cnnc(Nc3ccc(Cl)c(Cl)c3)n2)c(C)c1. The van der Waals surface area contributed by atoms with Gasteiger partial charge < -0.3 is 10.6 Å². The highest BCUT2D eigenvalue weighted by atomic mass is 35.5. The van der Waals surface area contributed by atoms with Crippen LogP contribution >= 0.6 is 23.2 Å². The molecule has 0 radical (unpaired) electrons. The predicted octanol–water partition coefficient (Wildman–Crippen LogP) is 5.28. The summed E-state index contributed by atoms with van der Waals surface area (Å²) in [5.41, 5.74) is 4.05. The van der Waals surface area contributed by atoms with Crippen LogP contribution in [0.2, 0.25) is 10.0 Å². The smallest absolute Gasteiger partial charge is 0.249 e. The molecule has 3 aromatic rings. The molecule has 0 saturated heterocycles. The molecule has 0 aliphatic rings. The van der Waals surface area contributed by atoms with Crippen molar-refractivity contribution >= 4 is 46.3 Å². The minimum absolute atomic E-state index is 0.364. The Labute approximate surface area is 150 Å². The average molecular weight is 360 g/mol. The molecule has 0 aliphatic heterocycles. The largest absolute Gasteiger partial charge is 0.339 e. The van der Waals surface area contributed by atoms with E-state index in [1.807, 2.05) is 19.1 Å². The molecule has 0 bridgehead atoms. The second-order valence-electron chi connectivity index (χ2n) is 5.36. The van der Waals surface area contributed by atoms with Crippen molar-refractivity contribution in [2.45, 2.75) is 13.8 Å². The Morgan fingerprint density at radius 3 is 2.50 bits per heavy atom. The van der Waals surface area contributed by atoms with Crippen LogP contribution in [-0.2, 0) is 0 Å². The second-order valence-corrected chi connectivity index (χ2v) is 6.18. The lowest BCUT2D eigenvalue weighted by Crippen LogP contribution is -2.03. The second kappa shape index (κ2) is 7.03. The van der Waals surface area contributed by atoms with Crippen LogP contribution in [-0.4, -0.2) is 15.2 Å². The molecule has 5 nitrogen and oxygen atoms in total. The van der Waals surface area contributed by atoms with Crippen LogP contribution in [0.25, 0.3) is 0 Å². The van der Waals surface area contributed by atoms with Crippen LogP contribution in [0, 0.1) is 13.8 Å². The molecule has 0 saturated carbocycles.